The second-order valence-corrected chi connectivity index (χ2v) is 6.89. The number of carbonyl (C=O) groups is 1. The van der Waals surface area contributed by atoms with Gasteiger partial charge >= 0.3 is 6.09 Å². The molecule has 0 aromatic carbocycles. The van der Waals surface area contributed by atoms with Gasteiger partial charge in [0.1, 0.15) is 10.8 Å². The molecule has 1 aliphatic heterocycles. The van der Waals surface area contributed by atoms with Gasteiger partial charge in [-0.2, -0.15) is 0 Å². The van der Waals surface area contributed by atoms with Gasteiger partial charge in [0.15, 0.2) is 0 Å². The maximum Gasteiger partial charge on any atom is 0.410 e. The molecule has 1 N–H and O–H groups in total. The molecule has 122 valence electrons. The van der Waals surface area contributed by atoms with Crippen molar-refractivity contribution in [2.45, 2.75) is 52.2 Å². The van der Waals surface area contributed by atoms with Gasteiger partial charge in [-0.05, 0) is 46.6 Å². The lowest BCUT2D eigenvalue weighted by molar-refractivity contribution is 0.0235. The molecule has 1 fully saturated rings. The van der Waals surface area contributed by atoms with Crippen LogP contribution in [0, 0.1) is 6.92 Å². The van der Waals surface area contributed by atoms with Gasteiger partial charge in [0.2, 0.25) is 5.95 Å². The normalized spacial score (nSPS) is 18.4. The average Bonchev–Trinajstić information content (AvgIpc) is 2.81. The number of hydrogen-bond acceptors (Lipinski definition) is 5. The third-order valence-electron chi connectivity index (χ3n) is 3.32. The van der Waals surface area contributed by atoms with Crippen LogP contribution in [0.25, 0.3) is 0 Å². The van der Waals surface area contributed by atoms with E-state index in [0.717, 1.165) is 25.1 Å². The van der Waals surface area contributed by atoms with Crippen LogP contribution in [0.5, 0.6) is 0 Å². The summed E-state index contributed by atoms with van der Waals surface area (Å²) in [7, 11) is 0. The van der Waals surface area contributed by atoms with Gasteiger partial charge in [0, 0.05) is 18.8 Å². The first-order valence-electron chi connectivity index (χ1n) is 7.49. The molecule has 22 heavy (non-hydrogen) atoms. The number of ether oxygens (including phenoxy) is 1. The Kier molecular flexibility index (Phi) is 5.11. The summed E-state index contributed by atoms with van der Waals surface area (Å²) in [6.45, 7) is 8.78. The third kappa shape index (κ3) is 4.73. The van der Waals surface area contributed by atoms with Crippen LogP contribution in [-0.4, -0.2) is 45.7 Å². The average molecular weight is 327 g/mol. The number of amides is 1. The fourth-order valence-electron chi connectivity index (χ4n) is 2.43. The van der Waals surface area contributed by atoms with E-state index in [2.05, 4.69) is 15.3 Å². The van der Waals surface area contributed by atoms with E-state index in [1.165, 1.54) is 0 Å². The maximum atomic E-state index is 12.2. The minimum Gasteiger partial charge on any atom is -0.444 e. The zero-order valence-corrected chi connectivity index (χ0v) is 14.3. The van der Waals surface area contributed by atoms with Gasteiger partial charge < -0.3 is 15.0 Å². The zero-order chi connectivity index (χ0) is 16.3. The first-order valence-corrected chi connectivity index (χ1v) is 7.87. The van der Waals surface area contributed by atoms with E-state index in [0.29, 0.717) is 17.6 Å². The Morgan fingerprint density at radius 2 is 2.23 bits per heavy atom. The van der Waals surface area contributed by atoms with Crippen molar-refractivity contribution in [3.8, 4) is 0 Å². The molecule has 6 nitrogen and oxygen atoms in total. The van der Waals surface area contributed by atoms with Crippen LogP contribution in [0.2, 0.25) is 5.15 Å². The van der Waals surface area contributed by atoms with Crippen LogP contribution in [0.1, 0.15) is 39.3 Å². The number of anilines is 1. The Labute approximate surface area is 136 Å². The van der Waals surface area contributed by atoms with Gasteiger partial charge in [-0.1, -0.05) is 11.6 Å². The molecule has 0 saturated carbocycles. The number of carbonyl (C=O) groups excluding carboxylic acids is 1. The molecule has 1 aliphatic rings. The number of nitrogens with zero attached hydrogens (tertiary/aromatic N) is 3. The van der Waals surface area contributed by atoms with Gasteiger partial charge in [-0.3, -0.25) is 0 Å². The number of aryl methyl sites for hydroxylation is 1. The number of halogens is 1. The second kappa shape index (κ2) is 6.69. The second-order valence-electron chi connectivity index (χ2n) is 6.51. The van der Waals surface area contributed by atoms with Gasteiger partial charge in [-0.25, -0.2) is 14.8 Å². The Morgan fingerprint density at radius 1 is 1.50 bits per heavy atom. The lowest BCUT2D eigenvalue weighted by atomic mass is 10.2. The number of rotatable bonds is 3. The highest BCUT2D eigenvalue weighted by atomic mass is 35.5. The molecule has 1 saturated heterocycles. The van der Waals surface area contributed by atoms with Crippen molar-refractivity contribution >= 4 is 23.6 Å². The number of aromatic nitrogens is 2. The van der Waals surface area contributed by atoms with E-state index in [4.69, 9.17) is 16.3 Å². The molecule has 1 atom stereocenters. The van der Waals surface area contributed by atoms with E-state index in [-0.39, 0.29) is 12.1 Å². The summed E-state index contributed by atoms with van der Waals surface area (Å²) in [5.74, 6) is 0.487. The standard InChI is InChI=1S/C15H23ClN4O2/c1-10-8-12(16)19-13(18-10)17-9-11-6-5-7-20(11)14(21)22-15(2,3)4/h8,11H,5-7,9H2,1-4H3,(H,17,18,19)/t11-/m1/s1. The SMILES string of the molecule is Cc1cc(Cl)nc(NC[C@H]2CCCN2C(=O)OC(C)(C)C)n1. The van der Waals surface area contributed by atoms with Crippen LogP contribution in [0.15, 0.2) is 6.07 Å². The Balaban J connectivity index is 1.95. The molecule has 0 radical (unpaired) electrons. The molecule has 0 unspecified atom stereocenters. The third-order valence-corrected chi connectivity index (χ3v) is 3.52. The topological polar surface area (TPSA) is 67.4 Å². The quantitative estimate of drug-likeness (QED) is 0.864. The summed E-state index contributed by atoms with van der Waals surface area (Å²) >= 11 is 5.92. The van der Waals surface area contributed by atoms with Crippen LogP contribution >= 0.6 is 11.6 Å². The smallest absolute Gasteiger partial charge is 0.410 e. The van der Waals surface area contributed by atoms with E-state index in [1.807, 2.05) is 27.7 Å². The molecule has 2 rings (SSSR count). The van der Waals surface area contributed by atoms with E-state index in [1.54, 1.807) is 11.0 Å². The maximum absolute atomic E-state index is 12.2. The Hall–Kier alpha value is -1.56. The van der Waals surface area contributed by atoms with Gasteiger partial charge in [0.05, 0.1) is 6.04 Å². The van der Waals surface area contributed by atoms with Gasteiger partial charge in [0.25, 0.3) is 0 Å². The van der Waals surface area contributed by atoms with Crippen molar-refractivity contribution in [1.82, 2.24) is 14.9 Å². The van der Waals surface area contributed by atoms with Crippen LogP contribution < -0.4 is 5.32 Å². The molecule has 0 spiro atoms. The van der Waals surface area contributed by atoms with Crippen LogP contribution in [0.4, 0.5) is 10.7 Å². The summed E-state index contributed by atoms with van der Waals surface area (Å²) in [5, 5.41) is 3.57. The predicted octanol–water partition coefficient (Wildman–Crippen LogP) is 3.25. The summed E-state index contributed by atoms with van der Waals surface area (Å²) in [6.07, 6.45) is 1.65. The Morgan fingerprint density at radius 3 is 2.86 bits per heavy atom. The van der Waals surface area contributed by atoms with Crippen LogP contribution in [0.3, 0.4) is 0 Å². The van der Waals surface area contributed by atoms with E-state index in [9.17, 15) is 4.79 Å². The Bertz CT molecular complexity index is 525. The predicted molar refractivity (Wildman–Crippen MR) is 86.2 cm³/mol. The number of hydrogen-bond donors (Lipinski definition) is 1. The first kappa shape index (κ1) is 16.8. The van der Waals surface area contributed by atoms with Crippen molar-refractivity contribution in [3.63, 3.8) is 0 Å². The summed E-state index contributed by atoms with van der Waals surface area (Å²) in [4.78, 5) is 22.4. The van der Waals surface area contributed by atoms with Gasteiger partial charge in [-0.15, -0.1) is 0 Å². The molecule has 2 heterocycles. The van der Waals surface area contributed by atoms with Crippen molar-refractivity contribution < 1.29 is 9.53 Å². The number of likely N-dealkylation sites (tertiary alicyclic amines) is 1. The summed E-state index contributed by atoms with van der Waals surface area (Å²) in [5.41, 5.74) is 0.322. The van der Waals surface area contributed by atoms with E-state index >= 15 is 0 Å². The van der Waals surface area contributed by atoms with Crippen molar-refractivity contribution in [2.75, 3.05) is 18.4 Å². The molecular weight excluding hydrogens is 304 g/mol. The fourth-order valence-corrected chi connectivity index (χ4v) is 2.67. The zero-order valence-electron chi connectivity index (χ0n) is 13.5. The molecule has 0 bridgehead atoms. The number of nitrogens with one attached hydrogen (secondary N) is 1. The molecule has 7 heteroatoms. The molecule has 1 aromatic rings. The minimum absolute atomic E-state index is 0.0812. The molecule has 0 aliphatic carbocycles. The lowest BCUT2D eigenvalue weighted by Crippen LogP contribution is -2.42. The largest absolute Gasteiger partial charge is 0.444 e. The summed E-state index contributed by atoms with van der Waals surface area (Å²) in [6, 6.07) is 1.78. The fraction of sp³-hybridized carbons (Fsp3) is 0.667. The van der Waals surface area contributed by atoms with E-state index < -0.39 is 5.60 Å². The van der Waals surface area contributed by atoms with Crippen molar-refractivity contribution in [3.05, 3.63) is 16.9 Å². The highest BCUT2D eigenvalue weighted by Crippen LogP contribution is 2.21. The lowest BCUT2D eigenvalue weighted by Gasteiger charge is -2.28. The highest BCUT2D eigenvalue weighted by Gasteiger charge is 2.32. The van der Waals surface area contributed by atoms with Crippen molar-refractivity contribution in [2.24, 2.45) is 0 Å². The highest BCUT2D eigenvalue weighted by molar-refractivity contribution is 6.29. The van der Waals surface area contributed by atoms with Crippen LogP contribution in [-0.2, 0) is 4.74 Å². The summed E-state index contributed by atoms with van der Waals surface area (Å²) < 4.78 is 5.45. The minimum atomic E-state index is -0.481. The van der Waals surface area contributed by atoms with Crippen molar-refractivity contribution in [1.29, 1.82) is 0 Å². The first-order chi connectivity index (χ1) is 10.2. The molecule has 1 aromatic heterocycles. The molecule has 1 amide bonds. The molecular formula is C15H23ClN4O2. The monoisotopic (exact) mass is 326 g/mol.